The number of hydrogen-bond donors (Lipinski definition) is 1. The number of anilines is 1. The summed E-state index contributed by atoms with van der Waals surface area (Å²) < 4.78 is 5.47. The number of fused-ring (bicyclic) bond motifs is 1. The first-order chi connectivity index (χ1) is 14.6. The highest BCUT2D eigenvalue weighted by molar-refractivity contribution is 7.14. The van der Waals surface area contributed by atoms with Crippen molar-refractivity contribution in [2.24, 2.45) is 0 Å². The smallest absolute Gasteiger partial charge is 0.348 e. The molecule has 1 amide bonds. The Labute approximate surface area is 184 Å². The van der Waals surface area contributed by atoms with Crippen LogP contribution in [-0.4, -0.2) is 16.9 Å². The molecule has 156 valence electrons. The maximum atomic E-state index is 12.4. The van der Waals surface area contributed by atoms with E-state index in [9.17, 15) is 9.59 Å². The van der Waals surface area contributed by atoms with Gasteiger partial charge in [-0.15, -0.1) is 22.7 Å². The van der Waals surface area contributed by atoms with E-state index >= 15 is 0 Å². The van der Waals surface area contributed by atoms with Gasteiger partial charge in [-0.1, -0.05) is 24.6 Å². The highest BCUT2D eigenvalue weighted by Crippen LogP contribution is 2.29. The number of benzene rings is 1. The minimum atomic E-state index is -0.292. The summed E-state index contributed by atoms with van der Waals surface area (Å²) >= 11 is 2.97. The van der Waals surface area contributed by atoms with Gasteiger partial charge >= 0.3 is 5.97 Å². The Kier molecular flexibility index (Phi) is 6.59. The molecule has 0 saturated carbocycles. The summed E-state index contributed by atoms with van der Waals surface area (Å²) in [6, 6.07) is 9.66. The lowest BCUT2D eigenvalue weighted by molar-refractivity contribution is -0.115. The minimum Gasteiger partial charge on any atom is -0.455 e. The Morgan fingerprint density at radius 3 is 2.87 bits per heavy atom. The van der Waals surface area contributed by atoms with E-state index in [2.05, 4.69) is 10.3 Å². The highest BCUT2D eigenvalue weighted by Gasteiger charge is 2.18. The number of nitrogens with zero attached hydrogens (tertiary/aromatic N) is 1. The van der Waals surface area contributed by atoms with Crippen molar-refractivity contribution in [1.82, 2.24) is 4.98 Å². The molecule has 5 nitrogen and oxygen atoms in total. The number of esters is 1. The molecule has 0 fully saturated rings. The van der Waals surface area contributed by atoms with Gasteiger partial charge in [0, 0.05) is 15.9 Å². The Balaban J connectivity index is 1.30. The number of aromatic nitrogens is 1. The predicted molar refractivity (Wildman–Crippen MR) is 120 cm³/mol. The van der Waals surface area contributed by atoms with Gasteiger partial charge in [-0.3, -0.25) is 4.79 Å². The van der Waals surface area contributed by atoms with Crippen LogP contribution >= 0.6 is 22.7 Å². The lowest BCUT2D eigenvalue weighted by Gasteiger charge is -2.06. The molecule has 4 rings (SSSR count). The zero-order valence-corrected chi connectivity index (χ0v) is 18.5. The van der Waals surface area contributed by atoms with E-state index in [1.165, 1.54) is 41.0 Å². The summed E-state index contributed by atoms with van der Waals surface area (Å²) in [4.78, 5) is 31.2. The van der Waals surface area contributed by atoms with E-state index in [0.29, 0.717) is 15.6 Å². The van der Waals surface area contributed by atoms with Gasteiger partial charge in [0.1, 0.15) is 16.5 Å². The fraction of sp³-hybridized carbons (Fsp3) is 0.348. The van der Waals surface area contributed by atoms with Crippen LogP contribution in [0.25, 0.3) is 0 Å². The van der Waals surface area contributed by atoms with Gasteiger partial charge in [0.25, 0.3) is 0 Å². The lowest BCUT2D eigenvalue weighted by Crippen LogP contribution is -2.15. The summed E-state index contributed by atoms with van der Waals surface area (Å²) in [5, 5.41) is 5.46. The first-order valence-corrected chi connectivity index (χ1v) is 11.9. The van der Waals surface area contributed by atoms with E-state index < -0.39 is 0 Å². The summed E-state index contributed by atoms with van der Waals surface area (Å²) in [5.74, 6) is -0.401. The Morgan fingerprint density at radius 1 is 1.17 bits per heavy atom. The molecule has 0 spiro atoms. The molecule has 0 radical (unpaired) electrons. The number of ether oxygens (including phenoxy) is 1. The number of carbonyl (C=O) groups excluding carboxylic acids is 2. The third-order valence-electron chi connectivity index (χ3n) is 5.13. The highest BCUT2D eigenvalue weighted by atomic mass is 32.1. The average molecular weight is 441 g/mol. The van der Waals surface area contributed by atoms with Crippen molar-refractivity contribution >= 4 is 40.2 Å². The van der Waals surface area contributed by atoms with Crippen molar-refractivity contribution in [1.29, 1.82) is 0 Å². The maximum absolute atomic E-state index is 12.4. The molecular weight excluding hydrogens is 416 g/mol. The molecular formula is C23H24N2O3S2. The molecule has 30 heavy (non-hydrogen) atoms. The van der Waals surface area contributed by atoms with Crippen molar-refractivity contribution in [3.63, 3.8) is 0 Å². The van der Waals surface area contributed by atoms with Crippen LogP contribution in [0.4, 0.5) is 5.69 Å². The molecule has 2 heterocycles. The Hall–Kier alpha value is -2.51. The number of amides is 1. The fourth-order valence-electron chi connectivity index (χ4n) is 3.52. The van der Waals surface area contributed by atoms with E-state index in [4.69, 9.17) is 4.74 Å². The van der Waals surface area contributed by atoms with Crippen LogP contribution in [0.1, 0.15) is 55.6 Å². The lowest BCUT2D eigenvalue weighted by atomic mass is 10.1. The second-order valence-corrected chi connectivity index (χ2v) is 9.55. The van der Waals surface area contributed by atoms with Crippen molar-refractivity contribution in [3.05, 3.63) is 67.3 Å². The summed E-state index contributed by atoms with van der Waals surface area (Å²) in [6.07, 6.45) is 5.96. The minimum absolute atomic E-state index is 0.109. The van der Waals surface area contributed by atoms with Gasteiger partial charge in [-0.05, 0) is 55.9 Å². The Morgan fingerprint density at radius 2 is 2.00 bits per heavy atom. The van der Waals surface area contributed by atoms with Crippen LogP contribution in [-0.2, 0) is 35.4 Å². The van der Waals surface area contributed by atoms with E-state index in [1.807, 2.05) is 42.6 Å². The van der Waals surface area contributed by atoms with Gasteiger partial charge < -0.3 is 10.1 Å². The first kappa shape index (κ1) is 20.8. The zero-order valence-electron chi connectivity index (χ0n) is 16.9. The molecule has 1 aromatic carbocycles. The van der Waals surface area contributed by atoms with Crippen LogP contribution in [0.15, 0.2) is 35.7 Å². The SMILES string of the molecule is Cc1ccccc1NC(=O)Cc1nc(COC(=O)c2cc3c(s2)CCCCC3)cs1. The number of hydrogen-bond acceptors (Lipinski definition) is 6. The van der Waals surface area contributed by atoms with Gasteiger partial charge in [0.05, 0.1) is 12.1 Å². The fourth-order valence-corrected chi connectivity index (χ4v) is 5.44. The quantitative estimate of drug-likeness (QED) is 0.416. The molecule has 0 atom stereocenters. The van der Waals surface area contributed by atoms with Crippen LogP contribution in [0, 0.1) is 6.92 Å². The van der Waals surface area contributed by atoms with Crippen molar-refractivity contribution in [3.8, 4) is 0 Å². The molecule has 1 aliphatic carbocycles. The maximum Gasteiger partial charge on any atom is 0.348 e. The summed E-state index contributed by atoms with van der Waals surface area (Å²) in [5.41, 5.74) is 3.80. The molecule has 0 bridgehead atoms. The van der Waals surface area contributed by atoms with Crippen LogP contribution < -0.4 is 5.32 Å². The molecule has 3 aromatic rings. The van der Waals surface area contributed by atoms with Crippen molar-refractivity contribution in [2.45, 2.75) is 52.1 Å². The second kappa shape index (κ2) is 9.53. The molecule has 0 unspecified atom stereocenters. The Bertz CT molecular complexity index is 1030. The monoisotopic (exact) mass is 440 g/mol. The molecule has 1 N–H and O–H groups in total. The molecule has 1 aliphatic rings. The topological polar surface area (TPSA) is 68.3 Å². The third kappa shape index (κ3) is 5.15. The molecule has 7 heteroatoms. The van der Waals surface area contributed by atoms with Crippen LogP contribution in [0.3, 0.4) is 0 Å². The summed E-state index contributed by atoms with van der Waals surface area (Å²) in [6.45, 7) is 2.08. The number of nitrogens with one attached hydrogen (secondary N) is 1. The van der Waals surface area contributed by atoms with Gasteiger partial charge in [0.15, 0.2) is 0 Å². The number of aryl methyl sites for hydroxylation is 3. The van der Waals surface area contributed by atoms with E-state index in [1.54, 1.807) is 11.3 Å². The van der Waals surface area contributed by atoms with Crippen molar-refractivity contribution in [2.75, 3.05) is 5.32 Å². The summed E-state index contributed by atoms with van der Waals surface area (Å²) in [7, 11) is 0. The van der Waals surface area contributed by atoms with Gasteiger partial charge in [0.2, 0.25) is 5.91 Å². The van der Waals surface area contributed by atoms with Gasteiger partial charge in [-0.2, -0.15) is 0 Å². The average Bonchev–Trinajstić information content (AvgIpc) is 3.29. The number of carbonyl (C=O) groups is 2. The molecule has 0 aliphatic heterocycles. The number of rotatable bonds is 6. The van der Waals surface area contributed by atoms with Gasteiger partial charge in [-0.25, -0.2) is 9.78 Å². The number of thiophene rings is 1. The van der Waals surface area contributed by atoms with Crippen LogP contribution in [0.5, 0.6) is 0 Å². The van der Waals surface area contributed by atoms with E-state index in [-0.39, 0.29) is 24.9 Å². The number of para-hydroxylation sites is 1. The largest absolute Gasteiger partial charge is 0.455 e. The zero-order chi connectivity index (χ0) is 20.9. The number of thiazole rings is 1. The first-order valence-electron chi connectivity index (χ1n) is 10.2. The van der Waals surface area contributed by atoms with E-state index in [0.717, 1.165) is 24.1 Å². The molecule has 0 saturated heterocycles. The normalized spacial score (nSPS) is 13.4. The molecule has 2 aromatic heterocycles. The van der Waals surface area contributed by atoms with Crippen molar-refractivity contribution < 1.29 is 14.3 Å². The standard InChI is InChI=1S/C23H24N2O3S2/c1-15-7-5-6-9-18(15)25-21(26)12-22-24-17(14-29-22)13-28-23(27)20-11-16-8-3-2-4-10-19(16)30-20/h5-7,9,11,14H,2-4,8,10,12-13H2,1H3,(H,25,26). The third-order valence-corrected chi connectivity index (χ3v) is 7.24. The predicted octanol–water partition coefficient (Wildman–Crippen LogP) is 5.32. The second-order valence-electron chi connectivity index (χ2n) is 7.47. The van der Waals surface area contributed by atoms with Crippen LogP contribution in [0.2, 0.25) is 0 Å².